The van der Waals surface area contributed by atoms with Crippen molar-refractivity contribution < 1.29 is 24.3 Å². The topological polar surface area (TPSA) is 125 Å². The Morgan fingerprint density at radius 2 is 1.50 bits per heavy atom. The number of thiol groups is 2. The average molecular weight is 323 g/mol. The lowest BCUT2D eigenvalue weighted by Gasteiger charge is -2.20. The minimum absolute atomic E-state index is 0.0173. The van der Waals surface area contributed by atoms with Crippen LogP contribution in [0.25, 0.3) is 0 Å². The van der Waals surface area contributed by atoms with Crippen LogP contribution in [0.1, 0.15) is 6.92 Å². The molecular formula is C10H17N3O5S2. The number of nitrogens with one attached hydrogen (secondary N) is 3. The Kier molecular flexibility index (Phi) is 8.81. The van der Waals surface area contributed by atoms with Gasteiger partial charge in [-0.05, 0) is 0 Å². The molecule has 0 rings (SSSR count). The van der Waals surface area contributed by atoms with Gasteiger partial charge in [-0.25, -0.2) is 0 Å². The van der Waals surface area contributed by atoms with Gasteiger partial charge in [0.2, 0.25) is 17.7 Å². The Balaban J connectivity index is 4.53. The van der Waals surface area contributed by atoms with Crippen molar-refractivity contribution >= 4 is 48.9 Å². The minimum Gasteiger partial charge on any atom is -0.480 e. The molecule has 0 unspecified atom stereocenters. The van der Waals surface area contributed by atoms with Crippen LogP contribution in [0.3, 0.4) is 0 Å². The molecule has 3 amide bonds. The highest BCUT2D eigenvalue weighted by atomic mass is 32.1. The van der Waals surface area contributed by atoms with Crippen molar-refractivity contribution in [3.63, 3.8) is 0 Å². The first-order valence-corrected chi connectivity index (χ1v) is 6.87. The Bertz CT molecular complexity index is 391. The summed E-state index contributed by atoms with van der Waals surface area (Å²) in [5.41, 5.74) is 0. The second kappa shape index (κ2) is 9.48. The molecule has 0 radical (unpaired) electrons. The van der Waals surface area contributed by atoms with Crippen molar-refractivity contribution in [2.45, 2.75) is 19.0 Å². The minimum atomic E-state index is -1.20. The van der Waals surface area contributed by atoms with E-state index in [-0.39, 0.29) is 11.5 Å². The molecule has 0 saturated carbocycles. The van der Waals surface area contributed by atoms with Gasteiger partial charge in [0.15, 0.2) is 0 Å². The second-order valence-electron chi connectivity index (χ2n) is 3.79. The molecule has 4 N–H and O–H groups in total. The number of hydrogen-bond acceptors (Lipinski definition) is 6. The van der Waals surface area contributed by atoms with E-state index in [0.717, 1.165) is 0 Å². The van der Waals surface area contributed by atoms with Crippen molar-refractivity contribution in [1.82, 2.24) is 16.0 Å². The van der Waals surface area contributed by atoms with Crippen LogP contribution in [0.5, 0.6) is 0 Å². The Morgan fingerprint density at radius 3 is 1.90 bits per heavy atom. The number of carbonyl (C=O) groups is 4. The summed E-state index contributed by atoms with van der Waals surface area (Å²) in [4.78, 5) is 44.7. The Labute approximate surface area is 126 Å². The molecule has 0 aliphatic heterocycles. The number of carboxylic acid groups (broad SMARTS) is 1. The van der Waals surface area contributed by atoms with E-state index in [2.05, 4.69) is 41.2 Å². The predicted molar refractivity (Wildman–Crippen MR) is 77.9 cm³/mol. The zero-order valence-corrected chi connectivity index (χ0v) is 12.5. The summed E-state index contributed by atoms with van der Waals surface area (Å²) in [6.07, 6.45) is 0. The van der Waals surface area contributed by atoms with Gasteiger partial charge in [-0.15, -0.1) is 0 Å². The monoisotopic (exact) mass is 323 g/mol. The maximum Gasteiger partial charge on any atom is 0.322 e. The first kappa shape index (κ1) is 18.6. The maximum absolute atomic E-state index is 11.8. The second-order valence-corrected chi connectivity index (χ2v) is 4.52. The van der Waals surface area contributed by atoms with E-state index >= 15 is 0 Å². The molecule has 0 spiro atoms. The third kappa shape index (κ3) is 7.24. The highest BCUT2D eigenvalue weighted by Crippen LogP contribution is 1.94. The molecule has 114 valence electrons. The standard InChI is InChI=1S/C10H17N3O5S2/c1-5(14)12-7(4-20)10(18)13-6(3-19)9(17)11-2-8(15)16/h6-7,19-20H,2-4H2,1H3,(H,11,17)(H,12,14)(H,13,18)(H,15,16)/t6-,7-/m0/s1. The van der Waals surface area contributed by atoms with E-state index < -0.39 is 42.3 Å². The molecule has 20 heavy (non-hydrogen) atoms. The number of carbonyl (C=O) groups excluding carboxylic acids is 3. The fourth-order valence-electron chi connectivity index (χ4n) is 1.19. The number of hydrogen-bond donors (Lipinski definition) is 6. The Hall–Kier alpha value is -1.42. The van der Waals surface area contributed by atoms with E-state index in [1.807, 2.05) is 0 Å². The lowest BCUT2D eigenvalue weighted by atomic mass is 10.2. The van der Waals surface area contributed by atoms with Crippen LogP contribution < -0.4 is 16.0 Å². The number of aliphatic carboxylic acids is 1. The summed E-state index contributed by atoms with van der Waals surface area (Å²) in [7, 11) is 0. The first-order chi connectivity index (χ1) is 9.31. The molecule has 0 fully saturated rings. The van der Waals surface area contributed by atoms with Crippen LogP contribution in [0.4, 0.5) is 0 Å². The molecule has 0 aliphatic carbocycles. The van der Waals surface area contributed by atoms with Crippen LogP contribution in [0.2, 0.25) is 0 Å². The summed E-state index contributed by atoms with van der Waals surface area (Å²) >= 11 is 7.84. The van der Waals surface area contributed by atoms with Gasteiger partial charge in [0, 0.05) is 18.4 Å². The molecule has 10 heteroatoms. The first-order valence-electron chi connectivity index (χ1n) is 5.60. The third-order valence-electron chi connectivity index (χ3n) is 2.11. The van der Waals surface area contributed by atoms with Gasteiger partial charge in [0.1, 0.15) is 18.6 Å². The maximum atomic E-state index is 11.8. The highest BCUT2D eigenvalue weighted by molar-refractivity contribution is 7.80. The molecular weight excluding hydrogens is 306 g/mol. The van der Waals surface area contributed by atoms with Crippen molar-refractivity contribution in [2.24, 2.45) is 0 Å². The van der Waals surface area contributed by atoms with Crippen LogP contribution >= 0.6 is 25.3 Å². The van der Waals surface area contributed by atoms with E-state index in [0.29, 0.717) is 0 Å². The lowest BCUT2D eigenvalue weighted by molar-refractivity contribution is -0.138. The summed E-state index contributed by atoms with van der Waals surface area (Å²) < 4.78 is 0. The van der Waals surface area contributed by atoms with Crippen LogP contribution in [-0.2, 0) is 19.2 Å². The van der Waals surface area contributed by atoms with Gasteiger partial charge < -0.3 is 21.1 Å². The zero-order chi connectivity index (χ0) is 15.7. The summed E-state index contributed by atoms with van der Waals surface area (Å²) in [5.74, 6) is -2.83. The SMILES string of the molecule is CC(=O)N[C@@H](CS)C(=O)N[C@@H](CS)C(=O)NCC(=O)O. The number of rotatable bonds is 8. The van der Waals surface area contributed by atoms with Crippen molar-refractivity contribution in [1.29, 1.82) is 0 Å². The van der Waals surface area contributed by atoms with Crippen molar-refractivity contribution in [3.05, 3.63) is 0 Å². The summed E-state index contributed by atoms with van der Waals surface area (Å²) in [6.45, 7) is 0.694. The molecule has 0 bridgehead atoms. The predicted octanol–water partition coefficient (Wildman–Crippen LogP) is -1.96. The number of carboxylic acids is 1. The lowest BCUT2D eigenvalue weighted by Crippen LogP contribution is -2.55. The molecule has 8 nitrogen and oxygen atoms in total. The van der Waals surface area contributed by atoms with E-state index in [1.54, 1.807) is 0 Å². The third-order valence-corrected chi connectivity index (χ3v) is 2.84. The van der Waals surface area contributed by atoms with Gasteiger partial charge in [0.25, 0.3) is 0 Å². The molecule has 0 aliphatic rings. The van der Waals surface area contributed by atoms with E-state index in [1.165, 1.54) is 6.92 Å². The molecule has 0 aromatic heterocycles. The quantitative estimate of drug-likeness (QED) is 0.289. The molecule has 2 atom stereocenters. The number of amides is 3. The smallest absolute Gasteiger partial charge is 0.322 e. The average Bonchev–Trinajstić information content (AvgIpc) is 2.38. The van der Waals surface area contributed by atoms with Gasteiger partial charge >= 0.3 is 5.97 Å². The zero-order valence-electron chi connectivity index (χ0n) is 10.8. The molecule has 0 heterocycles. The van der Waals surface area contributed by atoms with Crippen LogP contribution in [0.15, 0.2) is 0 Å². The largest absolute Gasteiger partial charge is 0.480 e. The fraction of sp³-hybridized carbons (Fsp3) is 0.600. The molecule has 0 aromatic carbocycles. The van der Waals surface area contributed by atoms with E-state index in [9.17, 15) is 19.2 Å². The fourth-order valence-corrected chi connectivity index (χ4v) is 1.71. The van der Waals surface area contributed by atoms with Gasteiger partial charge in [0.05, 0.1) is 0 Å². The van der Waals surface area contributed by atoms with Crippen molar-refractivity contribution in [2.75, 3.05) is 18.1 Å². The Morgan fingerprint density at radius 1 is 1.00 bits per heavy atom. The van der Waals surface area contributed by atoms with Gasteiger partial charge in [-0.1, -0.05) is 0 Å². The van der Waals surface area contributed by atoms with Crippen LogP contribution in [0, 0.1) is 0 Å². The molecule has 0 saturated heterocycles. The molecule has 0 aromatic rings. The summed E-state index contributed by atoms with van der Waals surface area (Å²) in [6, 6.07) is -1.88. The van der Waals surface area contributed by atoms with Crippen molar-refractivity contribution in [3.8, 4) is 0 Å². The summed E-state index contributed by atoms with van der Waals surface area (Å²) in [5, 5.41) is 15.3. The highest BCUT2D eigenvalue weighted by Gasteiger charge is 2.24. The normalized spacial score (nSPS) is 12.9. The van der Waals surface area contributed by atoms with E-state index in [4.69, 9.17) is 5.11 Å². The van der Waals surface area contributed by atoms with Crippen LogP contribution in [-0.4, -0.2) is 58.9 Å². The van der Waals surface area contributed by atoms with Gasteiger partial charge in [-0.2, -0.15) is 25.3 Å². The van der Waals surface area contributed by atoms with Gasteiger partial charge in [-0.3, -0.25) is 19.2 Å².